The van der Waals surface area contributed by atoms with Crippen molar-refractivity contribution in [1.29, 1.82) is 0 Å². The minimum atomic E-state index is -1.09. The van der Waals surface area contributed by atoms with E-state index in [1.807, 2.05) is 0 Å². The molecule has 0 fully saturated rings. The summed E-state index contributed by atoms with van der Waals surface area (Å²) >= 11 is 0. The molecule has 19 heavy (non-hydrogen) atoms. The van der Waals surface area contributed by atoms with Crippen LogP contribution in [0.2, 0.25) is 0 Å². The molecule has 0 saturated carbocycles. The Morgan fingerprint density at radius 2 is 1.11 bits per heavy atom. The van der Waals surface area contributed by atoms with Gasteiger partial charge in [-0.25, -0.2) is 0 Å². The van der Waals surface area contributed by atoms with Crippen molar-refractivity contribution < 1.29 is 39.9 Å². The monoisotopic (exact) mass is 395 g/mol. The van der Waals surface area contributed by atoms with E-state index in [0.29, 0.717) is 0 Å². The van der Waals surface area contributed by atoms with E-state index < -0.39 is 33.5 Å². The predicted octanol–water partition coefficient (Wildman–Crippen LogP) is 0.746. The van der Waals surface area contributed by atoms with Crippen molar-refractivity contribution in [3.05, 3.63) is 0 Å². The first-order valence-corrected chi connectivity index (χ1v) is 7.40. The molecule has 0 aromatic heterocycles. The third-order valence-electron chi connectivity index (χ3n) is 2.50. The van der Waals surface area contributed by atoms with Crippen LogP contribution in [0, 0.1) is 0 Å². The smallest absolute Gasteiger partial charge is 0.321 e. The minimum absolute atomic E-state index is 0. The first-order valence-electron chi connectivity index (χ1n) is 5.25. The Balaban J connectivity index is 0. The van der Waals surface area contributed by atoms with Crippen LogP contribution in [0.4, 0.5) is 0 Å². The number of carbonyl (C=O) groups is 2. The van der Waals surface area contributed by atoms with Crippen molar-refractivity contribution >= 4 is 33.5 Å². The molecule has 0 rings (SSSR count). The van der Waals surface area contributed by atoms with Crippen molar-refractivity contribution in [1.82, 2.24) is 0 Å². The fourth-order valence-electron chi connectivity index (χ4n) is 0.913. The van der Waals surface area contributed by atoms with Crippen LogP contribution in [0.5, 0.6) is 0 Å². The molecule has 0 aliphatic heterocycles. The van der Waals surface area contributed by atoms with Crippen molar-refractivity contribution in [2.45, 2.75) is 49.3 Å². The number of hydrogen-bond acceptors (Lipinski definition) is 6. The van der Waals surface area contributed by atoms with Gasteiger partial charge in [-0.05, 0) is 27.7 Å². The fraction of sp³-hybridized carbons (Fsp3) is 0.800. The second kappa shape index (κ2) is 7.85. The van der Waals surface area contributed by atoms with E-state index in [1.54, 1.807) is 27.7 Å². The summed E-state index contributed by atoms with van der Waals surface area (Å²) in [6.07, 6.45) is 0. The minimum Gasteiger partial charge on any atom is -0.480 e. The second-order valence-electron chi connectivity index (χ2n) is 5.01. The van der Waals surface area contributed by atoms with E-state index in [-0.39, 0.29) is 20.1 Å². The van der Waals surface area contributed by atoms with Gasteiger partial charge in [-0.1, -0.05) is 21.6 Å². The first kappa shape index (κ1) is 21.5. The molecule has 0 bridgehead atoms. The number of nitrogens with two attached hydrogens (primary N) is 2. The summed E-state index contributed by atoms with van der Waals surface area (Å²) in [5, 5.41) is 17.8. The van der Waals surface area contributed by atoms with Gasteiger partial charge < -0.3 is 21.7 Å². The Hall–Kier alpha value is 0.209. The van der Waals surface area contributed by atoms with E-state index in [0.717, 1.165) is 0 Å². The van der Waals surface area contributed by atoms with Crippen LogP contribution in [0.15, 0.2) is 0 Å². The molecule has 0 aliphatic rings. The molecule has 0 aromatic carbocycles. The molecule has 6 N–H and O–H groups in total. The summed E-state index contributed by atoms with van der Waals surface area (Å²) in [5.74, 6) is -2.18. The Bertz CT molecular complexity index is 307. The van der Waals surface area contributed by atoms with Gasteiger partial charge in [-0.15, -0.1) is 0 Å². The van der Waals surface area contributed by atoms with Crippen LogP contribution in [-0.2, 0) is 29.7 Å². The van der Waals surface area contributed by atoms with Gasteiger partial charge in [0.25, 0.3) is 0 Å². The summed E-state index contributed by atoms with van der Waals surface area (Å²) in [6.45, 7) is 6.80. The maximum atomic E-state index is 10.8. The number of aliphatic carboxylic acids is 2. The van der Waals surface area contributed by atoms with Gasteiger partial charge in [0.2, 0.25) is 0 Å². The molecule has 0 aromatic rings. The van der Waals surface area contributed by atoms with Crippen LogP contribution < -0.4 is 11.5 Å². The summed E-state index contributed by atoms with van der Waals surface area (Å²) < 4.78 is -1.46. The quantitative estimate of drug-likeness (QED) is 0.465. The van der Waals surface area contributed by atoms with Crippen molar-refractivity contribution in [3.8, 4) is 0 Å². The second-order valence-corrected chi connectivity index (χ2v) is 8.44. The zero-order valence-corrected chi connectivity index (χ0v) is 14.7. The van der Waals surface area contributed by atoms with E-state index >= 15 is 0 Å². The van der Waals surface area contributed by atoms with Crippen LogP contribution in [-0.4, -0.2) is 43.7 Å². The Morgan fingerprint density at radius 1 is 0.895 bits per heavy atom. The average Bonchev–Trinajstić information content (AvgIpc) is 2.24. The zero-order valence-electron chi connectivity index (χ0n) is 11.2. The van der Waals surface area contributed by atoms with Gasteiger partial charge in [0.15, 0.2) is 0 Å². The molecule has 113 valence electrons. The summed E-state index contributed by atoms with van der Waals surface area (Å²) in [4.78, 5) is 21.7. The third kappa shape index (κ3) is 6.46. The van der Waals surface area contributed by atoms with Crippen molar-refractivity contribution in [3.63, 3.8) is 0 Å². The number of carboxylic acid groups (broad SMARTS) is 2. The van der Waals surface area contributed by atoms with Gasteiger partial charge in [0, 0.05) is 29.6 Å². The molecular weight excluding hydrogens is 375 g/mol. The first-order chi connectivity index (χ1) is 7.92. The molecule has 1 radical (unpaired) electrons. The Labute approximate surface area is 134 Å². The molecule has 9 heteroatoms. The predicted molar refractivity (Wildman–Crippen MR) is 74.6 cm³/mol. The molecule has 0 spiro atoms. The van der Waals surface area contributed by atoms with Gasteiger partial charge in [-0.3, -0.25) is 9.59 Å². The fourth-order valence-corrected chi connectivity index (χ4v) is 3.66. The standard InChI is InChI=1S/C10H20N2O4S2.Tc/c1-9(2,5(11)7(13)14)17-18-10(3,4)6(12)8(15)16;/h5-6H,11-12H2,1-4H3,(H,13,14)(H,15,16);/i;1+1. The number of hydrogen-bond donors (Lipinski definition) is 4. The van der Waals surface area contributed by atoms with E-state index in [1.165, 1.54) is 21.6 Å². The Kier molecular flexibility index (Phi) is 8.89. The van der Waals surface area contributed by atoms with E-state index in [2.05, 4.69) is 0 Å². The van der Waals surface area contributed by atoms with Crippen LogP contribution >= 0.6 is 21.6 Å². The van der Waals surface area contributed by atoms with Gasteiger partial charge in [0.05, 0.1) is 0 Å². The molecule has 0 heterocycles. The maximum absolute atomic E-state index is 10.8. The number of rotatable bonds is 7. The average molecular weight is 395 g/mol. The normalized spacial score (nSPS) is 15.3. The molecule has 2 atom stereocenters. The van der Waals surface area contributed by atoms with Crippen LogP contribution in [0.3, 0.4) is 0 Å². The van der Waals surface area contributed by atoms with Crippen LogP contribution in [0.25, 0.3) is 0 Å². The molecule has 0 saturated heterocycles. The topological polar surface area (TPSA) is 127 Å². The molecule has 0 aliphatic carbocycles. The third-order valence-corrected chi connectivity index (χ3v) is 6.78. The van der Waals surface area contributed by atoms with Gasteiger partial charge in [-0.2, -0.15) is 0 Å². The van der Waals surface area contributed by atoms with Crippen LogP contribution in [0.1, 0.15) is 27.7 Å². The van der Waals surface area contributed by atoms with Crippen molar-refractivity contribution in [2.75, 3.05) is 0 Å². The molecule has 0 amide bonds. The molecule has 2 unspecified atom stereocenters. The SMILES string of the molecule is CC(C)(SSC(C)(C)C(N)C(=O)O)C(N)C(=O)O.[99Tc]. The largest absolute Gasteiger partial charge is 0.480 e. The van der Waals surface area contributed by atoms with Gasteiger partial charge in [0.1, 0.15) is 12.1 Å². The summed E-state index contributed by atoms with van der Waals surface area (Å²) in [5.41, 5.74) is 11.2. The molecule has 6 nitrogen and oxygen atoms in total. The van der Waals surface area contributed by atoms with E-state index in [4.69, 9.17) is 21.7 Å². The zero-order chi connectivity index (χ0) is 14.7. The summed E-state index contributed by atoms with van der Waals surface area (Å²) in [7, 11) is 2.47. The maximum Gasteiger partial charge on any atom is 0.321 e. The van der Waals surface area contributed by atoms with E-state index in [9.17, 15) is 9.59 Å². The number of carboxylic acids is 2. The summed E-state index contributed by atoms with van der Waals surface area (Å²) in [6, 6.07) is -2.07. The molecular formula is C10H20N2O4S2Tc. The van der Waals surface area contributed by atoms with Gasteiger partial charge >= 0.3 is 11.9 Å². The Morgan fingerprint density at radius 3 is 1.26 bits per heavy atom. The van der Waals surface area contributed by atoms with Crippen molar-refractivity contribution in [2.24, 2.45) is 11.5 Å².